The number of nitrogens with two attached hydrogens (primary N) is 1. The van der Waals surface area contributed by atoms with Gasteiger partial charge in [0.1, 0.15) is 6.04 Å². The quantitative estimate of drug-likeness (QED) is 0.130. The number of aliphatic hydroxyl groups is 2. The van der Waals surface area contributed by atoms with E-state index in [-0.39, 0.29) is 45.8 Å². The second-order valence-corrected chi connectivity index (χ2v) is 7.15. The fourth-order valence-corrected chi connectivity index (χ4v) is 2.88. The summed E-state index contributed by atoms with van der Waals surface area (Å²) in [6.07, 6.45) is 0.197. The second-order valence-electron chi connectivity index (χ2n) is 7.15. The number of benzene rings is 1. The Morgan fingerprint density at radius 3 is 2.09 bits per heavy atom. The van der Waals surface area contributed by atoms with Gasteiger partial charge in [-0.3, -0.25) is 24.1 Å². The summed E-state index contributed by atoms with van der Waals surface area (Å²) >= 11 is 0. The second kappa shape index (κ2) is 16.6. The summed E-state index contributed by atoms with van der Waals surface area (Å²) in [6.45, 7) is 0.468. The SMILES string of the molecule is NCC(=O)NCC(=O)N[C@@H](Cc1ccccc1)C(=O)NCC(=O)NCCN(CCO)CCO. The lowest BCUT2D eigenvalue weighted by molar-refractivity contribution is -0.130. The molecule has 12 nitrogen and oxygen atoms in total. The zero-order valence-corrected chi connectivity index (χ0v) is 18.6. The Bertz CT molecular complexity index is 742. The highest BCUT2D eigenvalue weighted by Gasteiger charge is 2.22. The van der Waals surface area contributed by atoms with Gasteiger partial charge in [0.25, 0.3) is 0 Å². The van der Waals surface area contributed by atoms with Crippen LogP contribution in [0.15, 0.2) is 30.3 Å². The van der Waals surface area contributed by atoms with Gasteiger partial charge in [0.15, 0.2) is 0 Å². The standard InChI is InChI=1S/C21H34N6O6/c22-13-18(30)24-15-20(32)26-17(12-16-4-2-1-3-5-16)21(33)25-14-19(31)23-6-7-27(8-10-28)9-11-29/h1-5,17,28-29H,6-15,22H2,(H,23,31)(H,24,30)(H,25,33)(H,26,32)/t17-/m0/s1. The zero-order chi connectivity index (χ0) is 24.5. The molecule has 0 aromatic heterocycles. The van der Waals surface area contributed by atoms with Crippen molar-refractivity contribution in [3.05, 3.63) is 35.9 Å². The van der Waals surface area contributed by atoms with Gasteiger partial charge in [-0.25, -0.2) is 0 Å². The third kappa shape index (κ3) is 12.5. The van der Waals surface area contributed by atoms with Gasteiger partial charge in [-0.2, -0.15) is 0 Å². The Hall–Kier alpha value is -3.06. The maximum Gasteiger partial charge on any atom is 0.243 e. The van der Waals surface area contributed by atoms with E-state index in [0.29, 0.717) is 19.6 Å². The third-order valence-electron chi connectivity index (χ3n) is 4.57. The number of rotatable bonds is 16. The smallest absolute Gasteiger partial charge is 0.243 e. The average Bonchev–Trinajstić information content (AvgIpc) is 2.81. The first-order valence-corrected chi connectivity index (χ1v) is 10.7. The van der Waals surface area contributed by atoms with Crippen molar-refractivity contribution in [3.8, 4) is 0 Å². The van der Waals surface area contributed by atoms with Gasteiger partial charge >= 0.3 is 0 Å². The summed E-state index contributed by atoms with van der Waals surface area (Å²) < 4.78 is 0. The molecule has 0 aliphatic rings. The van der Waals surface area contributed by atoms with Crippen LogP contribution < -0.4 is 27.0 Å². The largest absolute Gasteiger partial charge is 0.395 e. The summed E-state index contributed by atoms with van der Waals surface area (Å²) in [5, 5.41) is 28.0. The fourth-order valence-electron chi connectivity index (χ4n) is 2.88. The van der Waals surface area contributed by atoms with Crippen LogP contribution >= 0.6 is 0 Å². The number of aliphatic hydroxyl groups excluding tert-OH is 2. The number of hydrogen-bond acceptors (Lipinski definition) is 8. The van der Waals surface area contributed by atoms with Gasteiger partial charge in [-0.1, -0.05) is 30.3 Å². The molecule has 0 aliphatic carbocycles. The molecule has 4 amide bonds. The van der Waals surface area contributed by atoms with E-state index in [4.69, 9.17) is 15.9 Å². The van der Waals surface area contributed by atoms with Crippen LogP contribution in [-0.2, 0) is 25.6 Å². The first-order chi connectivity index (χ1) is 15.9. The van der Waals surface area contributed by atoms with E-state index < -0.39 is 29.7 Å². The van der Waals surface area contributed by atoms with Crippen LogP contribution in [0.2, 0.25) is 0 Å². The van der Waals surface area contributed by atoms with Crippen molar-refractivity contribution in [2.75, 3.05) is 59.0 Å². The predicted molar refractivity (Wildman–Crippen MR) is 121 cm³/mol. The molecule has 8 N–H and O–H groups in total. The fraction of sp³-hybridized carbons (Fsp3) is 0.524. The molecule has 1 aromatic carbocycles. The molecular formula is C21H34N6O6. The minimum atomic E-state index is -0.952. The molecule has 0 saturated heterocycles. The number of amides is 4. The Morgan fingerprint density at radius 2 is 1.48 bits per heavy atom. The van der Waals surface area contributed by atoms with Gasteiger partial charge in [-0.15, -0.1) is 0 Å². The van der Waals surface area contributed by atoms with E-state index >= 15 is 0 Å². The minimum Gasteiger partial charge on any atom is -0.395 e. The van der Waals surface area contributed by atoms with Crippen molar-refractivity contribution in [1.82, 2.24) is 26.2 Å². The van der Waals surface area contributed by atoms with Gasteiger partial charge in [0.2, 0.25) is 23.6 Å². The number of carbonyl (C=O) groups is 4. The third-order valence-corrected chi connectivity index (χ3v) is 4.57. The van der Waals surface area contributed by atoms with Crippen molar-refractivity contribution >= 4 is 23.6 Å². The van der Waals surface area contributed by atoms with Gasteiger partial charge in [0, 0.05) is 32.6 Å². The van der Waals surface area contributed by atoms with Crippen molar-refractivity contribution in [1.29, 1.82) is 0 Å². The summed E-state index contributed by atoms with van der Waals surface area (Å²) in [5.74, 6) is -2.03. The van der Waals surface area contributed by atoms with Gasteiger partial charge < -0.3 is 37.2 Å². The Kier molecular flexibility index (Phi) is 14.0. The molecule has 0 bridgehead atoms. The van der Waals surface area contributed by atoms with Crippen LogP contribution in [0, 0.1) is 0 Å². The number of nitrogens with zero attached hydrogens (tertiary/aromatic N) is 1. The molecule has 12 heteroatoms. The summed E-state index contributed by atoms with van der Waals surface area (Å²) in [7, 11) is 0. The highest BCUT2D eigenvalue weighted by atomic mass is 16.3. The van der Waals surface area contributed by atoms with Crippen molar-refractivity contribution in [2.45, 2.75) is 12.5 Å². The zero-order valence-electron chi connectivity index (χ0n) is 18.6. The van der Waals surface area contributed by atoms with Crippen LogP contribution in [0.25, 0.3) is 0 Å². The number of nitrogens with one attached hydrogen (secondary N) is 4. The maximum atomic E-state index is 12.7. The molecule has 0 radical (unpaired) electrons. The maximum absolute atomic E-state index is 12.7. The topological polar surface area (TPSA) is 186 Å². The van der Waals surface area contributed by atoms with E-state index in [1.807, 2.05) is 6.07 Å². The lowest BCUT2D eigenvalue weighted by Gasteiger charge is -2.20. The molecule has 0 saturated carbocycles. The predicted octanol–water partition coefficient (Wildman–Crippen LogP) is -3.69. The Labute approximate surface area is 192 Å². The molecule has 0 spiro atoms. The highest BCUT2D eigenvalue weighted by molar-refractivity contribution is 5.92. The number of hydrogen-bond donors (Lipinski definition) is 7. The minimum absolute atomic E-state index is 0.0611. The van der Waals surface area contributed by atoms with Crippen molar-refractivity contribution < 1.29 is 29.4 Å². The van der Waals surface area contributed by atoms with Crippen LogP contribution in [0.5, 0.6) is 0 Å². The molecule has 0 aliphatic heterocycles. The Balaban J connectivity index is 2.57. The van der Waals surface area contributed by atoms with Crippen molar-refractivity contribution in [2.24, 2.45) is 5.73 Å². The van der Waals surface area contributed by atoms with E-state index in [0.717, 1.165) is 5.56 Å². The normalized spacial score (nSPS) is 11.5. The van der Waals surface area contributed by atoms with Crippen LogP contribution in [0.1, 0.15) is 5.56 Å². The van der Waals surface area contributed by atoms with Gasteiger partial charge in [-0.05, 0) is 5.56 Å². The van der Waals surface area contributed by atoms with E-state index in [9.17, 15) is 19.2 Å². The monoisotopic (exact) mass is 466 g/mol. The van der Waals surface area contributed by atoms with Crippen LogP contribution in [0.4, 0.5) is 0 Å². The average molecular weight is 467 g/mol. The van der Waals surface area contributed by atoms with E-state index in [2.05, 4.69) is 21.3 Å². The summed E-state index contributed by atoms with van der Waals surface area (Å²) in [4.78, 5) is 49.9. The van der Waals surface area contributed by atoms with Crippen molar-refractivity contribution in [3.63, 3.8) is 0 Å². The van der Waals surface area contributed by atoms with E-state index in [1.165, 1.54) is 0 Å². The first kappa shape index (κ1) is 28.0. The number of carbonyl (C=O) groups excluding carboxylic acids is 4. The molecule has 1 aromatic rings. The molecule has 1 atom stereocenters. The molecule has 0 fully saturated rings. The highest BCUT2D eigenvalue weighted by Crippen LogP contribution is 2.03. The van der Waals surface area contributed by atoms with Crippen LogP contribution in [-0.4, -0.2) is 104 Å². The lowest BCUT2D eigenvalue weighted by Crippen LogP contribution is -2.52. The lowest BCUT2D eigenvalue weighted by atomic mass is 10.1. The van der Waals surface area contributed by atoms with Crippen LogP contribution in [0.3, 0.4) is 0 Å². The summed E-state index contributed by atoms with van der Waals surface area (Å²) in [6, 6.07) is 8.09. The van der Waals surface area contributed by atoms with E-state index in [1.54, 1.807) is 29.2 Å². The molecule has 1 rings (SSSR count). The molecule has 184 valence electrons. The molecule has 0 unspecified atom stereocenters. The first-order valence-electron chi connectivity index (χ1n) is 10.7. The summed E-state index contributed by atoms with van der Waals surface area (Å²) in [5.41, 5.74) is 6.00. The Morgan fingerprint density at radius 1 is 0.848 bits per heavy atom. The molecule has 0 heterocycles. The van der Waals surface area contributed by atoms with Gasteiger partial charge in [0.05, 0.1) is 32.8 Å². The molecular weight excluding hydrogens is 432 g/mol. The molecule has 33 heavy (non-hydrogen) atoms.